The van der Waals surface area contributed by atoms with Crippen molar-refractivity contribution in [3.63, 3.8) is 0 Å². The number of alkyl halides is 5. The zero-order valence-corrected chi connectivity index (χ0v) is 10.2. The first-order chi connectivity index (χ1) is 8.11. The molecule has 0 spiro atoms. The van der Waals surface area contributed by atoms with E-state index in [1.54, 1.807) is 13.8 Å². The summed E-state index contributed by atoms with van der Waals surface area (Å²) in [7, 11) is 1.08. The average molecular weight is 267 g/mol. The molecule has 0 radical (unpaired) electrons. The Hall–Kier alpha value is -1.17. The number of aryl methyl sites for hydroxylation is 2. The molecule has 0 aromatic heterocycles. The summed E-state index contributed by atoms with van der Waals surface area (Å²) in [5.41, 5.74) is 1.43. The van der Waals surface area contributed by atoms with Gasteiger partial charge in [-0.15, -0.1) is 0 Å². The SMILES string of the molecule is CNC(c1ccc(C)c(C)c1)C(F)(F)C(F)(F)F. The fraction of sp³-hybridized carbons (Fsp3) is 0.500. The Bertz CT molecular complexity index is 425. The Balaban J connectivity index is 3.21. The van der Waals surface area contributed by atoms with Crippen LogP contribution in [0.3, 0.4) is 0 Å². The minimum absolute atomic E-state index is 0.0806. The van der Waals surface area contributed by atoms with Gasteiger partial charge in [0.15, 0.2) is 0 Å². The lowest BCUT2D eigenvalue weighted by atomic mass is 9.96. The fourth-order valence-corrected chi connectivity index (χ4v) is 1.67. The van der Waals surface area contributed by atoms with Crippen LogP contribution in [0.5, 0.6) is 0 Å². The highest BCUT2D eigenvalue weighted by atomic mass is 19.4. The first-order valence-electron chi connectivity index (χ1n) is 5.30. The summed E-state index contributed by atoms with van der Waals surface area (Å²) < 4.78 is 63.7. The van der Waals surface area contributed by atoms with Gasteiger partial charge in [-0.2, -0.15) is 22.0 Å². The van der Waals surface area contributed by atoms with E-state index >= 15 is 0 Å². The molecule has 0 heterocycles. The van der Waals surface area contributed by atoms with Gasteiger partial charge in [0.25, 0.3) is 0 Å². The second kappa shape index (κ2) is 4.84. The minimum atomic E-state index is -5.58. The molecule has 1 N–H and O–H groups in total. The smallest absolute Gasteiger partial charge is 0.308 e. The maximum absolute atomic E-state index is 13.3. The summed E-state index contributed by atoms with van der Waals surface area (Å²) in [4.78, 5) is 0. The third-order valence-corrected chi connectivity index (χ3v) is 2.89. The lowest BCUT2D eigenvalue weighted by Crippen LogP contribution is -2.47. The van der Waals surface area contributed by atoms with E-state index in [1.165, 1.54) is 18.2 Å². The zero-order chi connectivity index (χ0) is 14.1. The van der Waals surface area contributed by atoms with Gasteiger partial charge < -0.3 is 5.32 Å². The largest absolute Gasteiger partial charge is 0.455 e. The summed E-state index contributed by atoms with van der Waals surface area (Å²) in [5.74, 6) is -4.82. The Morgan fingerprint density at radius 1 is 1.00 bits per heavy atom. The number of hydrogen-bond acceptors (Lipinski definition) is 1. The average Bonchev–Trinajstić information content (AvgIpc) is 2.22. The molecule has 0 fully saturated rings. The van der Waals surface area contributed by atoms with Crippen LogP contribution in [-0.2, 0) is 0 Å². The molecule has 1 aromatic rings. The fourth-order valence-electron chi connectivity index (χ4n) is 1.67. The highest BCUT2D eigenvalue weighted by molar-refractivity contribution is 5.33. The van der Waals surface area contributed by atoms with Crippen LogP contribution in [0.25, 0.3) is 0 Å². The van der Waals surface area contributed by atoms with Crippen molar-refractivity contribution >= 4 is 0 Å². The minimum Gasteiger partial charge on any atom is -0.308 e. The number of rotatable bonds is 3. The molecule has 0 aliphatic heterocycles. The van der Waals surface area contributed by atoms with E-state index in [2.05, 4.69) is 0 Å². The summed E-state index contributed by atoms with van der Waals surface area (Å²) in [5, 5.41) is 2.04. The van der Waals surface area contributed by atoms with Gasteiger partial charge in [-0.3, -0.25) is 0 Å². The van der Waals surface area contributed by atoms with Crippen molar-refractivity contribution < 1.29 is 22.0 Å². The normalized spacial score (nSPS) is 14.7. The van der Waals surface area contributed by atoms with Crippen molar-refractivity contribution in [1.29, 1.82) is 0 Å². The second-order valence-electron chi connectivity index (χ2n) is 4.19. The lowest BCUT2D eigenvalue weighted by molar-refractivity contribution is -0.293. The monoisotopic (exact) mass is 267 g/mol. The first kappa shape index (κ1) is 14.9. The highest BCUT2D eigenvalue weighted by Gasteiger charge is 2.62. The van der Waals surface area contributed by atoms with E-state index in [0.29, 0.717) is 5.56 Å². The van der Waals surface area contributed by atoms with Gasteiger partial charge in [0.05, 0.1) is 0 Å². The predicted octanol–water partition coefficient (Wildman–Crippen LogP) is 3.76. The van der Waals surface area contributed by atoms with E-state index in [9.17, 15) is 22.0 Å². The molecule has 0 aliphatic carbocycles. The van der Waals surface area contributed by atoms with E-state index < -0.39 is 18.1 Å². The summed E-state index contributed by atoms with van der Waals surface area (Å²) >= 11 is 0. The molecule has 1 aromatic carbocycles. The van der Waals surface area contributed by atoms with Gasteiger partial charge in [0.1, 0.15) is 6.04 Å². The molecule has 0 saturated heterocycles. The molecule has 0 aliphatic rings. The van der Waals surface area contributed by atoms with Gasteiger partial charge in [-0.1, -0.05) is 18.2 Å². The van der Waals surface area contributed by atoms with E-state index in [-0.39, 0.29) is 5.56 Å². The molecule has 0 bridgehead atoms. The number of hydrogen-bond donors (Lipinski definition) is 1. The Morgan fingerprint density at radius 2 is 1.56 bits per heavy atom. The number of halogens is 5. The topological polar surface area (TPSA) is 12.0 Å². The van der Waals surface area contributed by atoms with Crippen molar-refractivity contribution in [2.24, 2.45) is 0 Å². The third kappa shape index (κ3) is 2.63. The van der Waals surface area contributed by atoms with Crippen LogP contribution in [0.1, 0.15) is 22.7 Å². The van der Waals surface area contributed by atoms with E-state index in [1.807, 2.05) is 5.32 Å². The second-order valence-corrected chi connectivity index (χ2v) is 4.19. The van der Waals surface area contributed by atoms with Crippen LogP contribution in [0.15, 0.2) is 18.2 Å². The molecule has 1 unspecified atom stereocenters. The first-order valence-corrected chi connectivity index (χ1v) is 5.30. The van der Waals surface area contributed by atoms with Crippen LogP contribution in [0.4, 0.5) is 22.0 Å². The van der Waals surface area contributed by atoms with Crippen molar-refractivity contribution in [3.8, 4) is 0 Å². The molecule has 0 saturated carbocycles. The summed E-state index contributed by atoms with van der Waals surface area (Å²) in [6, 6.07) is 2.07. The maximum atomic E-state index is 13.3. The Labute approximate surface area is 102 Å². The zero-order valence-electron chi connectivity index (χ0n) is 10.2. The van der Waals surface area contributed by atoms with Gasteiger partial charge >= 0.3 is 12.1 Å². The predicted molar refractivity (Wildman–Crippen MR) is 58.7 cm³/mol. The van der Waals surface area contributed by atoms with Crippen molar-refractivity contribution in [3.05, 3.63) is 34.9 Å². The number of nitrogens with one attached hydrogen (secondary N) is 1. The molecular formula is C12H14F5N. The number of benzene rings is 1. The van der Waals surface area contributed by atoms with Crippen LogP contribution in [-0.4, -0.2) is 19.1 Å². The molecule has 0 amide bonds. The van der Waals surface area contributed by atoms with E-state index in [0.717, 1.165) is 12.6 Å². The van der Waals surface area contributed by atoms with Crippen molar-refractivity contribution in [2.75, 3.05) is 7.05 Å². The lowest BCUT2D eigenvalue weighted by Gasteiger charge is -2.29. The molecule has 6 heteroatoms. The quantitative estimate of drug-likeness (QED) is 0.822. The Kier molecular flexibility index (Phi) is 4.00. The van der Waals surface area contributed by atoms with E-state index in [4.69, 9.17) is 0 Å². The highest BCUT2D eigenvalue weighted by Crippen LogP contribution is 2.44. The van der Waals surface area contributed by atoms with Gasteiger partial charge in [-0.05, 0) is 37.6 Å². The van der Waals surface area contributed by atoms with Crippen LogP contribution >= 0.6 is 0 Å². The molecular weight excluding hydrogens is 253 g/mol. The van der Waals surface area contributed by atoms with Gasteiger partial charge in [0, 0.05) is 0 Å². The standard InChI is InChI=1S/C12H14F5N/c1-7-4-5-9(6-8(7)2)10(18-3)11(13,14)12(15,16)17/h4-6,10,18H,1-3H3. The maximum Gasteiger partial charge on any atom is 0.455 e. The van der Waals surface area contributed by atoms with Crippen molar-refractivity contribution in [1.82, 2.24) is 5.32 Å². The molecule has 1 atom stereocenters. The summed E-state index contributed by atoms with van der Waals surface area (Å²) in [6.45, 7) is 3.42. The van der Waals surface area contributed by atoms with Gasteiger partial charge in [-0.25, -0.2) is 0 Å². The summed E-state index contributed by atoms with van der Waals surface area (Å²) in [6.07, 6.45) is -5.58. The molecule has 1 rings (SSSR count). The molecule has 18 heavy (non-hydrogen) atoms. The van der Waals surface area contributed by atoms with Gasteiger partial charge in [0.2, 0.25) is 0 Å². The van der Waals surface area contributed by atoms with Crippen LogP contribution in [0.2, 0.25) is 0 Å². The molecule has 102 valence electrons. The van der Waals surface area contributed by atoms with Crippen LogP contribution < -0.4 is 5.32 Å². The Morgan fingerprint density at radius 3 is 1.94 bits per heavy atom. The van der Waals surface area contributed by atoms with Crippen molar-refractivity contribution in [2.45, 2.75) is 32.0 Å². The third-order valence-electron chi connectivity index (χ3n) is 2.89. The van der Waals surface area contributed by atoms with Crippen LogP contribution in [0, 0.1) is 13.8 Å². The molecule has 1 nitrogen and oxygen atoms in total.